The maximum atomic E-state index is 2.56. The second-order valence-corrected chi connectivity index (χ2v) is 9.48. The summed E-state index contributed by atoms with van der Waals surface area (Å²) in [5, 5.41) is 5.31. The van der Waals surface area contributed by atoms with Gasteiger partial charge in [0.2, 0.25) is 0 Å². The van der Waals surface area contributed by atoms with E-state index in [4.69, 9.17) is 0 Å². The number of hydrogen-bond acceptors (Lipinski definition) is 0. The minimum absolute atomic E-state index is 0.388. The van der Waals surface area contributed by atoms with Crippen LogP contribution in [0.3, 0.4) is 0 Å². The number of rotatable bonds is 2. The predicted molar refractivity (Wildman–Crippen MR) is 138 cm³/mol. The maximum Gasteiger partial charge on any atom is 0.0137 e. The van der Waals surface area contributed by atoms with Crippen LogP contribution < -0.4 is 0 Å². The highest BCUT2D eigenvalue weighted by molar-refractivity contribution is 6.13. The van der Waals surface area contributed by atoms with E-state index in [9.17, 15) is 0 Å². The number of allylic oxidation sites excluding steroid dienone is 5. The monoisotopic (exact) mass is 412 g/mol. The van der Waals surface area contributed by atoms with Crippen molar-refractivity contribution in [1.82, 2.24) is 0 Å². The first kappa shape index (κ1) is 19.3. The Hall–Kier alpha value is -3.38. The van der Waals surface area contributed by atoms with Gasteiger partial charge >= 0.3 is 0 Å². The second kappa shape index (κ2) is 7.07. The molecule has 1 unspecified atom stereocenters. The van der Waals surface area contributed by atoms with Gasteiger partial charge in [-0.3, -0.25) is 0 Å². The van der Waals surface area contributed by atoms with E-state index in [0.717, 1.165) is 0 Å². The van der Waals surface area contributed by atoms with E-state index in [2.05, 4.69) is 113 Å². The maximum absolute atomic E-state index is 2.56. The molecule has 0 aromatic heterocycles. The molecule has 0 heterocycles. The fraction of sp³-hybridized carbons (Fsp3) is 0.188. The largest absolute Gasteiger partial charge is 0.0675 e. The lowest BCUT2D eigenvalue weighted by Crippen LogP contribution is -2.11. The van der Waals surface area contributed by atoms with E-state index in [0.29, 0.717) is 11.8 Å². The first-order valence-electron chi connectivity index (χ1n) is 11.6. The van der Waals surface area contributed by atoms with Crippen molar-refractivity contribution >= 4 is 27.1 Å². The lowest BCUT2D eigenvalue weighted by Gasteiger charge is -2.23. The molecular formula is C32H28. The molecule has 0 N–H and O–H groups in total. The van der Waals surface area contributed by atoms with Crippen molar-refractivity contribution in [1.29, 1.82) is 0 Å². The average molecular weight is 413 g/mol. The number of benzene rings is 4. The summed E-state index contributed by atoms with van der Waals surface area (Å²) in [5.74, 6) is 0.846. The Morgan fingerprint density at radius 1 is 0.562 bits per heavy atom. The van der Waals surface area contributed by atoms with Crippen LogP contribution >= 0.6 is 0 Å². The summed E-state index contributed by atoms with van der Waals surface area (Å²) >= 11 is 0. The lowest BCUT2D eigenvalue weighted by atomic mass is 9.81. The molecule has 156 valence electrons. The molecule has 0 fully saturated rings. The Balaban J connectivity index is 1.63. The summed E-state index contributed by atoms with van der Waals surface area (Å²) in [6.07, 6.45) is 2.56. The molecular weight excluding hydrogens is 384 g/mol. The predicted octanol–water partition coefficient (Wildman–Crippen LogP) is 8.82. The van der Waals surface area contributed by atoms with E-state index < -0.39 is 0 Å². The quantitative estimate of drug-likeness (QED) is 0.288. The Morgan fingerprint density at radius 3 is 1.91 bits per heavy atom. The molecule has 6 rings (SSSR count). The van der Waals surface area contributed by atoms with Gasteiger partial charge in [0.05, 0.1) is 0 Å². The van der Waals surface area contributed by atoms with Crippen LogP contribution in [0.2, 0.25) is 0 Å². The van der Waals surface area contributed by atoms with E-state index in [1.54, 1.807) is 0 Å². The molecule has 0 amide bonds. The van der Waals surface area contributed by atoms with Gasteiger partial charge in [0.25, 0.3) is 0 Å². The molecule has 4 aromatic rings. The summed E-state index contributed by atoms with van der Waals surface area (Å²) < 4.78 is 0. The van der Waals surface area contributed by atoms with Crippen LogP contribution in [0.4, 0.5) is 0 Å². The van der Waals surface area contributed by atoms with Crippen LogP contribution in [0.5, 0.6) is 0 Å². The van der Waals surface area contributed by atoms with Crippen LogP contribution in [0.25, 0.3) is 27.1 Å². The minimum Gasteiger partial charge on any atom is -0.0675 e. The molecule has 0 aliphatic heterocycles. The molecule has 0 heteroatoms. The zero-order valence-corrected chi connectivity index (χ0v) is 19.2. The third-order valence-electron chi connectivity index (χ3n) is 8.05. The first-order chi connectivity index (χ1) is 15.6. The van der Waals surface area contributed by atoms with Gasteiger partial charge < -0.3 is 0 Å². The van der Waals surface area contributed by atoms with Crippen LogP contribution in [0.15, 0.2) is 107 Å². The summed E-state index contributed by atoms with van der Waals surface area (Å²) in [7, 11) is 0. The van der Waals surface area contributed by atoms with E-state index >= 15 is 0 Å². The third kappa shape index (κ3) is 2.62. The fourth-order valence-electron chi connectivity index (χ4n) is 6.10. The van der Waals surface area contributed by atoms with Crippen LogP contribution in [-0.4, -0.2) is 0 Å². The van der Waals surface area contributed by atoms with Crippen molar-refractivity contribution in [3.8, 4) is 0 Å². The molecule has 0 saturated heterocycles. The first-order valence-corrected chi connectivity index (χ1v) is 11.6. The summed E-state index contributed by atoms with van der Waals surface area (Å²) in [5.41, 5.74) is 11.6. The SMILES string of the molecule is CC1=C(C)C(C2C=C(c3cc4ccccc4c4ccccc34)c3ccccc32)C(C)=C1C. The van der Waals surface area contributed by atoms with Crippen molar-refractivity contribution in [3.63, 3.8) is 0 Å². The summed E-state index contributed by atoms with van der Waals surface area (Å²) in [6, 6.07) is 29.1. The van der Waals surface area contributed by atoms with E-state index in [1.807, 2.05) is 0 Å². The van der Waals surface area contributed by atoms with Gasteiger partial charge in [-0.25, -0.2) is 0 Å². The molecule has 0 spiro atoms. The molecule has 1 atom stereocenters. The molecule has 32 heavy (non-hydrogen) atoms. The number of fused-ring (bicyclic) bond motifs is 4. The number of hydrogen-bond donors (Lipinski definition) is 0. The zero-order chi connectivity index (χ0) is 22.0. The van der Waals surface area contributed by atoms with Crippen molar-refractivity contribution in [2.24, 2.45) is 5.92 Å². The zero-order valence-electron chi connectivity index (χ0n) is 19.2. The summed E-state index contributed by atoms with van der Waals surface area (Å²) in [4.78, 5) is 0. The molecule has 2 aliphatic rings. The molecule has 0 radical (unpaired) electrons. The summed E-state index contributed by atoms with van der Waals surface area (Å²) in [6.45, 7) is 9.24. The highest BCUT2D eigenvalue weighted by atomic mass is 14.4. The van der Waals surface area contributed by atoms with Crippen LogP contribution in [0.1, 0.15) is 50.3 Å². The van der Waals surface area contributed by atoms with Crippen molar-refractivity contribution < 1.29 is 0 Å². The van der Waals surface area contributed by atoms with Crippen LogP contribution in [-0.2, 0) is 0 Å². The second-order valence-electron chi connectivity index (χ2n) is 9.48. The van der Waals surface area contributed by atoms with E-state index in [-0.39, 0.29) is 0 Å². The normalized spacial score (nSPS) is 18.8. The van der Waals surface area contributed by atoms with Gasteiger partial charge in [-0.1, -0.05) is 90.0 Å². The van der Waals surface area contributed by atoms with Gasteiger partial charge in [-0.2, -0.15) is 0 Å². The highest BCUT2D eigenvalue weighted by Gasteiger charge is 2.36. The molecule has 2 aliphatic carbocycles. The smallest absolute Gasteiger partial charge is 0.0137 e. The molecule has 4 aromatic carbocycles. The third-order valence-corrected chi connectivity index (χ3v) is 8.05. The van der Waals surface area contributed by atoms with Crippen molar-refractivity contribution in [2.45, 2.75) is 33.6 Å². The van der Waals surface area contributed by atoms with Crippen molar-refractivity contribution in [3.05, 3.63) is 124 Å². The minimum atomic E-state index is 0.388. The molecule has 0 saturated carbocycles. The highest BCUT2D eigenvalue weighted by Crippen LogP contribution is 2.52. The van der Waals surface area contributed by atoms with Crippen molar-refractivity contribution in [2.75, 3.05) is 0 Å². The molecule has 0 bridgehead atoms. The Morgan fingerprint density at radius 2 is 1.16 bits per heavy atom. The molecule has 0 nitrogen and oxygen atoms in total. The van der Waals surface area contributed by atoms with E-state index in [1.165, 1.54) is 66.1 Å². The lowest BCUT2D eigenvalue weighted by molar-refractivity contribution is 0.648. The Labute approximate surface area is 190 Å². The average Bonchev–Trinajstić information content (AvgIpc) is 3.29. The fourth-order valence-corrected chi connectivity index (χ4v) is 6.10. The van der Waals surface area contributed by atoms with Gasteiger partial charge in [0.15, 0.2) is 0 Å². The van der Waals surface area contributed by atoms with Gasteiger partial charge in [0.1, 0.15) is 0 Å². The van der Waals surface area contributed by atoms with Gasteiger partial charge in [-0.15, -0.1) is 0 Å². The van der Waals surface area contributed by atoms with Gasteiger partial charge in [0, 0.05) is 11.8 Å². The standard InChI is InChI=1S/C32H28/c1-19-20(2)22(4)32(21(19)3)31-18-30(27-15-9-10-16-28(27)31)29-17-23-11-5-6-12-24(23)25-13-7-8-14-26(25)29/h5-18,31-32H,1-4H3. The Bertz CT molecular complexity index is 1480. The topological polar surface area (TPSA) is 0 Å². The Kier molecular flexibility index (Phi) is 4.27. The van der Waals surface area contributed by atoms with Gasteiger partial charge in [-0.05, 0) is 88.7 Å². The van der Waals surface area contributed by atoms with Crippen LogP contribution in [0, 0.1) is 5.92 Å².